The van der Waals surface area contributed by atoms with Gasteiger partial charge in [0.15, 0.2) is 0 Å². The van der Waals surface area contributed by atoms with Gasteiger partial charge in [0.05, 0.1) is 0 Å². The molecule has 0 spiro atoms. The predicted octanol–water partition coefficient (Wildman–Crippen LogP) is -3.24. The van der Waals surface area contributed by atoms with E-state index in [2.05, 4.69) is 43.4 Å². The summed E-state index contributed by atoms with van der Waals surface area (Å²) >= 11 is 0. The van der Waals surface area contributed by atoms with Crippen LogP contribution in [0.2, 0.25) is 0 Å². The van der Waals surface area contributed by atoms with Gasteiger partial charge in [-0.15, -0.1) is 12.8 Å². The van der Waals surface area contributed by atoms with Gasteiger partial charge in [0, 0.05) is 6.61 Å². The summed E-state index contributed by atoms with van der Waals surface area (Å²) in [5.74, 6) is 0. The molecule has 4 heteroatoms. The van der Waals surface area contributed by atoms with Crippen molar-refractivity contribution in [2.45, 2.75) is 26.2 Å². The van der Waals surface area contributed by atoms with E-state index in [9.17, 15) is 5.11 Å². The summed E-state index contributed by atoms with van der Waals surface area (Å²) in [6, 6.07) is 0. The summed E-state index contributed by atoms with van der Waals surface area (Å²) in [7, 11) is 0. The molecule has 2 aliphatic carbocycles. The van der Waals surface area contributed by atoms with E-state index in [0.29, 0.717) is 0 Å². The van der Waals surface area contributed by atoms with Gasteiger partial charge in [-0.05, 0) is 11.8 Å². The van der Waals surface area contributed by atoms with Crippen molar-refractivity contribution in [2.24, 2.45) is 5.41 Å². The molecule has 0 radical (unpaired) electrons. The summed E-state index contributed by atoms with van der Waals surface area (Å²) < 4.78 is 0. The Labute approximate surface area is 141 Å². The maximum atomic E-state index is 9.19. The van der Waals surface area contributed by atoms with Crippen LogP contribution in [0.5, 0.6) is 0 Å². The molecule has 18 heavy (non-hydrogen) atoms. The molecular formula is C14H16Cl2OZr. The average Bonchev–Trinajstić information content (AvgIpc) is 2.92. The molecule has 2 rings (SSSR count). The Morgan fingerprint density at radius 1 is 1.11 bits per heavy atom. The molecule has 0 atom stereocenters. The molecule has 0 heterocycles. The minimum atomic E-state index is -0.102. The molecule has 0 saturated carbocycles. The number of hydrogen-bond donors (Lipinski definition) is 1. The van der Waals surface area contributed by atoms with Crippen molar-refractivity contribution in [3.8, 4) is 0 Å². The molecule has 0 aliphatic heterocycles. The minimum Gasteiger partial charge on any atom is -1.00 e. The van der Waals surface area contributed by atoms with Crippen LogP contribution in [0.25, 0.3) is 0 Å². The standard InChI is InChI=1S/C14H16O.2ClH.Zr/c1-14(10-11-15,12-6-2-3-7-12)13-8-4-5-9-13;;;/h2,4,6,8,15H,3,5,10-11H2,1H3;2*1H;/q-2;;;+4/p-2. The Morgan fingerprint density at radius 3 is 1.83 bits per heavy atom. The average molecular weight is 362 g/mol. The summed E-state index contributed by atoms with van der Waals surface area (Å²) in [5, 5.41) is 9.19. The SMILES string of the molecule is CC(CCO)(C1=[C-]CC=C1)C1=[C-]CC=C1.[Cl-].[Cl-].[Zr+4]. The van der Waals surface area contributed by atoms with Crippen molar-refractivity contribution < 1.29 is 56.1 Å². The monoisotopic (exact) mass is 360 g/mol. The quantitative estimate of drug-likeness (QED) is 0.522. The minimum absolute atomic E-state index is 0. The molecule has 0 bridgehead atoms. The van der Waals surface area contributed by atoms with E-state index in [-0.39, 0.29) is 63.0 Å². The molecular weight excluding hydrogens is 346 g/mol. The molecule has 0 saturated heterocycles. The third-order valence-corrected chi connectivity index (χ3v) is 3.19. The van der Waals surface area contributed by atoms with E-state index in [4.69, 9.17) is 0 Å². The van der Waals surface area contributed by atoms with Crippen molar-refractivity contribution in [1.29, 1.82) is 0 Å². The van der Waals surface area contributed by atoms with Crippen LogP contribution in [-0.2, 0) is 26.2 Å². The fourth-order valence-corrected chi connectivity index (χ4v) is 2.21. The normalized spacial score (nSPS) is 16.3. The van der Waals surface area contributed by atoms with Crippen LogP contribution in [0.15, 0.2) is 35.5 Å². The first-order chi connectivity index (χ1) is 7.27. The molecule has 0 aromatic carbocycles. The van der Waals surface area contributed by atoms with Crippen molar-refractivity contribution in [3.05, 3.63) is 47.6 Å². The predicted molar refractivity (Wildman–Crippen MR) is 60.8 cm³/mol. The Kier molecular flexibility index (Phi) is 10.7. The molecule has 1 N–H and O–H groups in total. The van der Waals surface area contributed by atoms with Crippen LogP contribution in [-0.4, -0.2) is 11.7 Å². The number of aliphatic hydroxyl groups is 1. The van der Waals surface area contributed by atoms with Gasteiger partial charge in [-0.2, -0.15) is 12.2 Å². The van der Waals surface area contributed by atoms with Gasteiger partial charge >= 0.3 is 26.2 Å². The smallest absolute Gasteiger partial charge is 1.00 e. The molecule has 0 aromatic rings. The molecule has 0 aromatic heterocycles. The number of halogens is 2. The zero-order valence-electron chi connectivity index (χ0n) is 10.3. The van der Waals surface area contributed by atoms with Crippen LogP contribution >= 0.6 is 0 Å². The Bertz CT molecular complexity index is 340. The van der Waals surface area contributed by atoms with E-state index >= 15 is 0 Å². The maximum absolute atomic E-state index is 9.19. The zero-order valence-corrected chi connectivity index (χ0v) is 14.3. The first-order valence-electron chi connectivity index (χ1n) is 5.44. The van der Waals surface area contributed by atoms with Gasteiger partial charge in [-0.1, -0.05) is 6.92 Å². The van der Waals surface area contributed by atoms with Crippen molar-refractivity contribution >= 4 is 0 Å². The van der Waals surface area contributed by atoms with Gasteiger partial charge in [0.2, 0.25) is 0 Å². The van der Waals surface area contributed by atoms with Crippen molar-refractivity contribution in [2.75, 3.05) is 6.61 Å². The Morgan fingerprint density at radius 2 is 1.56 bits per heavy atom. The molecule has 0 unspecified atom stereocenters. The molecule has 0 fully saturated rings. The second-order valence-electron chi connectivity index (χ2n) is 4.20. The fourth-order valence-electron chi connectivity index (χ4n) is 2.21. The van der Waals surface area contributed by atoms with Crippen LogP contribution < -0.4 is 24.8 Å². The van der Waals surface area contributed by atoms with E-state index < -0.39 is 0 Å². The van der Waals surface area contributed by atoms with E-state index in [1.165, 1.54) is 11.1 Å². The maximum Gasteiger partial charge on any atom is 4.00 e. The van der Waals surface area contributed by atoms with Crippen LogP contribution in [0.1, 0.15) is 26.2 Å². The summed E-state index contributed by atoms with van der Waals surface area (Å²) in [4.78, 5) is 0. The molecule has 0 amide bonds. The number of aliphatic hydroxyl groups excluding tert-OH is 1. The van der Waals surface area contributed by atoms with Crippen LogP contribution in [0, 0.1) is 17.6 Å². The summed E-state index contributed by atoms with van der Waals surface area (Å²) in [6.45, 7) is 2.37. The second-order valence-corrected chi connectivity index (χ2v) is 4.20. The second kappa shape index (κ2) is 9.31. The van der Waals surface area contributed by atoms with E-state index in [1.54, 1.807) is 0 Å². The van der Waals surface area contributed by atoms with Gasteiger partial charge in [0.25, 0.3) is 0 Å². The third kappa shape index (κ3) is 4.20. The topological polar surface area (TPSA) is 20.2 Å². The first-order valence-corrected chi connectivity index (χ1v) is 5.44. The van der Waals surface area contributed by atoms with Crippen molar-refractivity contribution in [3.63, 3.8) is 0 Å². The Balaban J connectivity index is 0. The number of hydrogen-bond acceptors (Lipinski definition) is 1. The molecule has 2 aliphatic rings. The van der Waals surface area contributed by atoms with E-state index in [1.807, 2.05) is 0 Å². The van der Waals surface area contributed by atoms with Crippen LogP contribution in [0.3, 0.4) is 0 Å². The fraction of sp³-hybridized carbons (Fsp3) is 0.429. The van der Waals surface area contributed by atoms with Crippen LogP contribution in [0.4, 0.5) is 0 Å². The van der Waals surface area contributed by atoms with Gasteiger partial charge in [0.1, 0.15) is 0 Å². The summed E-state index contributed by atoms with van der Waals surface area (Å²) in [5.41, 5.74) is 2.30. The molecule has 96 valence electrons. The van der Waals surface area contributed by atoms with Gasteiger partial charge in [-0.25, -0.2) is 23.3 Å². The number of rotatable bonds is 4. The number of allylic oxidation sites excluding steroid dienone is 8. The summed E-state index contributed by atoms with van der Waals surface area (Å²) in [6.07, 6.45) is 17.7. The van der Waals surface area contributed by atoms with Gasteiger partial charge < -0.3 is 29.9 Å². The van der Waals surface area contributed by atoms with Crippen molar-refractivity contribution in [1.82, 2.24) is 0 Å². The third-order valence-electron chi connectivity index (χ3n) is 3.19. The van der Waals surface area contributed by atoms with E-state index in [0.717, 1.165) is 19.3 Å². The largest absolute Gasteiger partial charge is 4.00 e. The van der Waals surface area contributed by atoms with Gasteiger partial charge in [-0.3, -0.25) is 12.2 Å². The zero-order chi connectivity index (χ0) is 10.7. The molecule has 1 nitrogen and oxygen atoms in total. The first kappa shape index (κ1) is 20.7. The Hall–Kier alpha value is 0.383.